The van der Waals surface area contributed by atoms with Gasteiger partial charge in [-0.05, 0) is 88.6 Å². The summed E-state index contributed by atoms with van der Waals surface area (Å²) in [6.07, 6.45) is 7.82. The van der Waals surface area contributed by atoms with Crippen LogP contribution in [-0.4, -0.2) is 24.7 Å². The monoisotopic (exact) mass is 522 g/mol. The standard InChI is InChI=1S/C34H38N2O3/c1-6-8-26-11-12-29-19-33(26)39-22-25-9-7-10-27(17-25)30(15-16-37)31-18-28(13-14-32(31)35-5)34(29,38)24(4)21-36-20-23(2)3/h7,9-21,23,35,38H,6,8,22H2,1-5H3/b24-21+,30-15-,36-20?. The van der Waals surface area contributed by atoms with Gasteiger partial charge >= 0.3 is 0 Å². The largest absolute Gasteiger partial charge is 0.489 e. The van der Waals surface area contributed by atoms with Gasteiger partial charge in [0.2, 0.25) is 0 Å². The lowest BCUT2D eigenvalue weighted by molar-refractivity contribution is -0.104. The summed E-state index contributed by atoms with van der Waals surface area (Å²) in [5.41, 5.74) is 5.97. The van der Waals surface area contributed by atoms with E-state index in [1.807, 2.05) is 68.7 Å². The van der Waals surface area contributed by atoms with Crippen LogP contribution in [0.5, 0.6) is 5.75 Å². The third kappa shape index (κ3) is 5.89. The average Bonchev–Trinajstić information content (AvgIpc) is 2.94. The minimum atomic E-state index is -1.49. The predicted molar refractivity (Wildman–Crippen MR) is 160 cm³/mol. The van der Waals surface area contributed by atoms with Crippen molar-refractivity contribution >= 4 is 23.8 Å². The van der Waals surface area contributed by atoms with Crippen LogP contribution in [0.15, 0.2) is 83.5 Å². The SMILES string of the molecule is CCCc1ccc2cc1OCc1cccc(c1)/C(=C/C=O)c1cc(ccc1NC)C2(O)/C(C)=C/N=CC(C)C. The second-order valence-electron chi connectivity index (χ2n) is 10.4. The fourth-order valence-electron chi connectivity index (χ4n) is 5.04. The van der Waals surface area contributed by atoms with Crippen molar-refractivity contribution in [1.82, 2.24) is 0 Å². The highest BCUT2D eigenvalue weighted by Gasteiger charge is 2.35. The highest BCUT2D eigenvalue weighted by Crippen LogP contribution is 2.42. The van der Waals surface area contributed by atoms with Crippen molar-refractivity contribution in [1.29, 1.82) is 0 Å². The van der Waals surface area contributed by atoms with Gasteiger partial charge in [-0.15, -0.1) is 0 Å². The van der Waals surface area contributed by atoms with Crippen molar-refractivity contribution in [3.63, 3.8) is 0 Å². The van der Waals surface area contributed by atoms with E-state index in [1.165, 1.54) is 0 Å². The van der Waals surface area contributed by atoms with E-state index in [-0.39, 0.29) is 5.92 Å². The van der Waals surface area contributed by atoms with E-state index >= 15 is 0 Å². The Bertz CT molecular complexity index is 1430. The quantitative estimate of drug-likeness (QED) is 0.198. The maximum absolute atomic E-state index is 12.6. The van der Waals surface area contributed by atoms with Crippen molar-refractivity contribution in [3.05, 3.63) is 112 Å². The van der Waals surface area contributed by atoms with Gasteiger partial charge in [-0.25, -0.2) is 0 Å². The minimum Gasteiger partial charge on any atom is -0.489 e. The van der Waals surface area contributed by atoms with Crippen molar-refractivity contribution in [3.8, 4) is 5.75 Å². The fraction of sp³-hybridized carbons (Fsp3) is 0.294. The zero-order valence-corrected chi connectivity index (χ0v) is 23.5. The van der Waals surface area contributed by atoms with Gasteiger partial charge in [-0.3, -0.25) is 9.79 Å². The number of carbonyl (C=O) groups excluding carboxylic acids is 1. The Morgan fingerprint density at radius 3 is 2.62 bits per heavy atom. The van der Waals surface area contributed by atoms with Crippen LogP contribution in [0.25, 0.3) is 5.57 Å². The molecule has 1 atom stereocenters. The number of hydrogen-bond acceptors (Lipinski definition) is 5. The zero-order chi connectivity index (χ0) is 28.0. The van der Waals surface area contributed by atoms with Crippen LogP contribution in [0.2, 0.25) is 0 Å². The molecule has 1 aliphatic rings. The number of nitrogens with zero attached hydrogens (tertiary/aromatic N) is 1. The molecule has 0 aliphatic carbocycles. The molecule has 5 nitrogen and oxygen atoms in total. The second kappa shape index (κ2) is 12.3. The molecule has 0 radical (unpaired) electrons. The van der Waals surface area contributed by atoms with Crippen LogP contribution in [0.3, 0.4) is 0 Å². The van der Waals surface area contributed by atoms with E-state index in [1.54, 1.807) is 12.3 Å². The molecule has 3 aromatic rings. The number of anilines is 1. The number of nitrogens with one attached hydrogen (secondary N) is 1. The smallest absolute Gasteiger partial charge is 0.143 e. The molecule has 0 aromatic heterocycles. The number of hydrogen-bond donors (Lipinski definition) is 2. The van der Waals surface area contributed by atoms with Gasteiger partial charge in [0, 0.05) is 30.7 Å². The summed E-state index contributed by atoms with van der Waals surface area (Å²) in [6.45, 7) is 8.53. The Morgan fingerprint density at radius 1 is 1.13 bits per heavy atom. The zero-order valence-electron chi connectivity index (χ0n) is 23.5. The molecule has 1 heterocycles. The van der Waals surface area contributed by atoms with Crippen LogP contribution in [0.4, 0.5) is 5.69 Å². The first kappa shape index (κ1) is 28.1. The second-order valence-corrected chi connectivity index (χ2v) is 10.4. The molecule has 4 rings (SSSR count). The predicted octanol–water partition coefficient (Wildman–Crippen LogP) is 7.07. The summed E-state index contributed by atoms with van der Waals surface area (Å²) >= 11 is 0. The number of allylic oxidation sites excluding steroid dienone is 1. The third-order valence-electron chi connectivity index (χ3n) is 7.09. The topological polar surface area (TPSA) is 70.9 Å². The van der Waals surface area contributed by atoms with Crippen molar-refractivity contribution < 1.29 is 14.6 Å². The highest BCUT2D eigenvalue weighted by atomic mass is 16.5. The molecular formula is C34H38N2O3. The summed E-state index contributed by atoms with van der Waals surface area (Å²) in [6, 6.07) is 19.9. The van der Waals surface area contributed by atoms with Gasteiger partial charge in [-0.1, -0.05) is 63.6 Å². The van der Waals surface area contributed by atoms with Crippen LogP contribution in [0, 0.1) is 5.92 Å². The number of aliphatic hydroxyl groups is 1. The molecule has 1 aliphatic heterocycles. The molecule has 39 heavy (non-hydrogen) atoms. The number of fused-ring (bicyclic) bond motifs is 6. The molecule has 1 unspecified atom stereocenters. The van der Waals surface area contributed by atoms with Crippen LogP contribution >= 0.6 is 0 Å². The van der Waals surface area contributed by atoms with Gasteiger partial charge in [0.25, 0.3) is 0 Å². The lowest BCUT2D eigenvalue weighted by Crippen LogP contribution is -2.29. The van der Waals surface area contributed by atoms with E-state index in [0.29, 0.717) is 23.3 Å². The molecule has 5 heteroatoms. The maximum atomic E-state index is 12.6. The average molecular weight is 523 g/mol. The first-order valence-electron chi connectivity index (χ1n) is 13.6. The third-order valence-corrected chi connectivity index (χ3v) is 7.09. The van der Waals surface area contributed by atoms with Gasteiger partial charge in [0.1, 0.15) is 24.2 Å². The maximum Gasteiger partial charge on any atom is 0.143 e. The van der Waals surface area contributed by atoms with E-state index in [4.69, 9.17) is 4.74 Å². The van der Waals surface area contributed by atoms with Crippen molar-refractivity contribution in [2.24, 2.45) is 10.9 Å². The number of ether oxygens (including phenoxy) is 1. The van der Waals surface area contributed by atoms with Gasteiger partial charge in [0.05, 0.1) is 0 Å². The Balaban J connectivity index is 2.07. The molecule has 2 N–H and O–H groups in total. The van der Waals surface area contributed by atoms with E-state index in [2.05, 4.69) is 43.2 Å². The normalized spacial score (nSPS) is 18.3. The molecule has 3 aromatic carbocycles. The molecule has 0 fully saturated rings. The number of carbonyl (C=O) groups is 1. The molecule has 202 valence electrons. The lowest BCUT2D eigenvalue weighted by Gasteiger charge is -2.32. The number of benzene rings is 3. The Labute approximate surface area is 232 Å². The molecule has 0 spiro atoms. The number of rotatable bonds is 7. The first-order chi connectivity index (χ1) is 18.8. The summed E-state index contributed by atoms with van der Waals surface area (Å²) < 4.78 is 6.41. The van der Waals surface area contributed by atoms with E-state index in [9.17, 15) is 9.90 Å². The van der Waals surface area contributed by atoms with E-state index < -0.39 is 5.60 Å². The highest BCUT2D eigenvalue weighted by molar-refractivity contribution is 5.93. The van der Waals surface area contributed by atoms with Gasteiger partial charge in [-0.2, -0.15) is 0 Å². The molecule has 0 saturated heterocycles. The number of aryl methyl sites for hydroxylation is 1. The van der Waals surface area contributed by atoms with Crippen LogP contribution in [0.1, 0.15) is 67.5 Å². The Morgan fingerprint density at radius 2 is 1.90 bits per heavy atom. The molecule has 6 bridgehead atoms. The number of aldehydes is 1. The molecule has 0 saturated carbocycles. The number of aliphatic imine (C=N–C) groups is 1. The van der Waals surface area contributed by atoms with Crippen LogP contribution < -0.4 is 10.1 Å². The molecular weight excluding hydrogens is 484 g/mol. The van der Waals surface area contributed by atoms with Gasteiger partial charge < -0.3 is 15.2 Å². The molecule has 0 amide bonds. The summed E-state index contributed by atoms with van der Waals surface area (Å²) in [5, 5.41) is 15.9. The summed E-state index contributed by atoms with van der Waals surface area (Å²) in [4.78, 5) is 16.3. The van der Waals surface area contributed by atoms with Crippen molar-refractivity contribution in [2.75, 3.05) is 12.4 Å². The van der Waals surface area contributed by atoms with Gasteiger partial charge in [0.15, 0.2) is 0 Å². The lowest BCUT2D eigenvalue weighted by atomic mass is 9.79. The summed E-state index contributed by atoms with van der Waals surface area (Å²) in [5.74, 6) is 1.04. The Kier molecular flexibility index (Phi) is 8.82. The van der Waals surface area contributed by atoms with Crippen LogP contribution in [-0.2, 0) is 23.4 Å². The summed E-state index contributed by atoms with van der Waals surface area (Å²) in [7, 11) is 1.85. The fourth-order valence-corrected chi connectivity index (χ4v) is 5.04. The Hall–Kier alpha value is -3.96. The van der Waals surface area contributed by atoms with Crippen molar-refractivity contribution in [2.45, 2.75) is 52.7 Å². The van der Waals surface area contributed by atoms with E-state index in [0.717, 1.165) is 58.4 Å². The minimum absolute atomic E-state index is 0.282. The first-order valence-corrected chi connectivity index (χ1v) is 13.6.